The summed E-state index contributed by atoms with van der Waals surface area (Å²) in [5.74, 6) is 5.60. The Labute approximate surface area is 820 Å². The largest absolute Gasteiger partial charge is 0.457 e. The molecule has 5 heteroatoms. The van der Waals surface area contributed by atoms with Crippen LogP contribution in [-0.2, 0) is 0 Å². The first-order valence-corrected chi connectivity index (χ1v) is 47.0. The van der Waals surface area contributed by atoms with Crippen LogP contribution in [0.1, 0.15) is 202 Å². The second-order valence-corrected chi connectivity index (χ2v) is 36.0. The minimum atomic E-state index is -0.469. The smallest absolute Gasteiger partial charge is 0.134 e. The summed E-state index contributed by atoms with van der Waals surface area (Å²) in [7, 11) is 0. The van der Waals surface area contributed by atoms with Gasteiger partial charge >= 0.3 is 0 Å². The van der Waals surface area contributed by atoms with E-state index in [0.717, 1.165) is 34.1 Å². The molecule has 0 amide bonds. The summed E-state index contributed by atoms with van der Waals surface area (Å²) >= 11 is 0. The lowest BCUT2D eigenvalue weighted by Gasteiger charge is -2.22. The van der Waals surface area contributed by atoms with Crippen molar-refractivity contribution in [3.05, 3.63) is 487 Å². The molecular formula is C130H125N3O2. The van der Waals surface area contributed by atoms with Gasteiger partial charge in [0.25, 0.3) is 0 Å². The summed E-state index contributed by atoms with van der Waals surface area (Å²) < 4.78 is 132. The fraction of sp³-hybridized carbons (Fsp3) is 0.169. The number of fused-ring (bicyclic) bond motifs is 9. The summed E-state index contributed by atoms with van der Waals surface area (Å²) in [6, 6.07) is 119. The molecule has 5 nitrogen and oxygen atoms in total. The fourth-order valence-electron chi connectivity index (χ4n) is 18.5. The minimum absolute atomic E-state index is 0.0221. The van der Waals surface area contributed by atoms with Crippen LogP contribution in [0.25, 0.3) is 127 Å². The minimum Gasteiger partial charge on any atom is -0.457 e. The Kier molecular flexibility index (Phi) is 24.7. The summed E-state index contributed by atoms with van der Waals surface area (Å²) in [6.45, 7) is 31.9. The summed E-state index contributed by atoms with van der Waals surface area (Å²) in [5.41, 5.74) is 24.9. The maximum Gasteiger partial charge on any atom is 0.134 e. The summed E-state index contributed by atoms with van der Waals surface area (Å²) in [5, 5.41) is 7.80. The summed E-state index contributed by atoms with van der Waals surface area (Å²) in [6.07, 6.45) is 0. The quantitative estimate of drug-likeness (QED) is 0.0858. The van der Waals surface area contributed by atoms with Gasteiger partial charge in [0.15, 0.2) is 0 Å². The van der Waals surface area contributed by atoms with Crippen LogP contribution in [0.4, 0.5) is 0 Å². The van der Waals surface area contributed by atoms with Crippen LogP contribution in [0.2, 0.25) is 0 Å². The van der Waals surface area contributed by atoms with Gasteiger partial charge in [-0.3, -0.25) is 0 Å². The van der Waals surface area contributed by atoms with Crippen molar-refractivity contribution in [2.45, 2.75) is 145 Å². The van der Waals surface area contributed by atoms with E-state index in [1.54, 1.807) is 25.1 Å². The Morgan fingerprint density at radius 1 is 0.207 bits per heavy atom. The molecule has 21 aromatic rings. The van der Waals surface area contributed by atoms with Crippen LogP contribution in [0, 0.1) is 6.92 Å². The second-order valence-electron chi connectivity index (χ2n) is 36.0. The van der Waals surface area contributed by atoms with E-state index in [4.69, 9.17) is 28.7 Å². The van der Waals surface area contributed by atoms with Gasteiger partial charge in [0, 0.05) is 49.1 Å². The molecule has 0 atom stereocenters. The van der Waals surface area contributed by atoms with Crippen LogP contribution in [0.15, 0.2) is 443 Å². The molecular weight excluding hydrogens is 1640 g/mol. The summed E-state index contributed by atoms with van der Waals surface area (Å²) in [4.78, 5) is 0. The van der Waals surface area contributed by atoms with Crippen molar-refractivity contribution < 1.29 is 28.7 Å². The molecule has 0 saturated carbocycles. The van der Waals surface area contributed by atoms with Gasteiger partial charge in [-0.1, -0.05) is 454 Å². The van der Waals surface area contributed by atoms with Crippen molar-refractivity contribution in [2.75, 3.05) is 0 Å². The number of benzene rings is 18. The Hall–Kier alpha value is -15.0. The van der Waals surface area contributed by atoms with Crippen molar-refractivity contribution in [1.82, 2.24) is 13.7 Å². The molecule has 0 N–H and O–H groups in total. The average molecular weight is 1780 g/mol. The van der Waals surface area contributed by atoms with Crippen molar-refractivity contribution in [1.29, 1.82) is 0 Å². The molecule has 135 heavy (non-hydrogen) atoms. The van der Waals surface area contributed by atoms with Gasteiger partial charge in [-0.25, -0.2) is 0 Å². The first-order valence-electron chi connectivity index (χ1n) is 54.0. The van der Waals surface area contributed by atoms with Crippen molar-refractivity contribution >= 4 is 65.4 Å². The third-order valence-corrected chi connectivity index (χ3v) is 24.5. The molecule has 0 aliphatic rings. The Morgan fingerprint density at radius 2 is 0.504 bits per heavy atom. The predicted octanol–water partition coefficient (Wildman–Crippen LogP) is 37.8. The molecule has 3 heterocycles. The highest BCUT2D eigenvalue weighted by atomic mass is 16.5. The van der Waals surface area contributed by atoms with Gasteiger partial charge in [0.05, 0.1) is 63.7 Å². The standard InChI is InChI=1S/C33H26N2.C22H22.C21H19N.C21H20O2.C18H22.C15H16/c1-22(2)33-31(34-27-16-7-3-12-23(27)24-13-4-8-17-28(24)34)20-11-21-32(33)35-29-18-9-5-14-25(29)26-15-6-10-19-30(26)35;1-16(2)22-20(18-10-5-4-6-11-18)13-8-14-21(22)19-12-7-9-17(3)15-19;1-15(2)16-9-3-6-12-19(16)22-20-13-7-4-10-17(20)18-11-5-8-14-21(18)22;1-16(2)21-19(22-17-10-5-3-6-11-17)14-9-15-20(21)23-18-12-7-4-8-13-18;1-13(2)16-11-8-12-17(18(16)14(3)4)15-9-6-5-7-10-15;1-12(2)14-10-6-7-11-15(14)13-8-4-3-5-9-13/h3-22H,1-2H3;4-16H,1-3H3;3-15H,1-2H3;3-16H,1-2H3;5-14H,1-4H3;3-12H,1-2H3/i;4D,5D,6D,7D,9D,10D,11D,12D,15D;;;;3D,4D,5D,8D,9D. The van der Waals surface area contributed by atoms with Crippen LogP contribution >= 0.6 is 0 Å². The van der Waals surface area contributed by atoms with E-state index < -0.39 is 18.1 Å². The van der Waals surface area contributed by atoms with Crippen LogP contribution in [0.5, 0.6) is 23.0 Å². The SMILES string of the molecule is CC(C)c1c(-n2c3ccccc3c3ccccc32)cccc1-n1c2ccccc2c2ccccc21.CC(C)c1c(Oc2ccccc2)cccc1Oc1ccccc1.CC(C)c1cccc(-c2ccccc2)c1C(C)C.CC(C)c1ccccc1-n1c2ccccc2c2ccccc21.[2H]c1c([2H])c([2H])c(-c2cccc(-c3c([2H])c([2H])c([2H])c(C)c3[2H])c2C(C)C)c([2H])c1[2H].[2H]c1c([2H])c([2H])c(-c2ccccc2C(C)C)c([2H])c1[2H]. The van der Waals surface area contributed by atoms with E-state index in [1.165, 1.54) is 116 Å². The van der Waals surface area contributed by atoms with E-state index in [2.05, 4.69) is 320 Å². The molecule has 0 spiro atoms. The van der Waals surface area contributed by atoms with E-state index in [0.29, 0.717) is 51.5 Å². The zero-order valence-corrected chi connectivity index (χ0v) is 79.8. The maximum absolute atomic E-state index is 8.52. The van der Waals surface area contributed by atoms with Crippen LogP contribution < -0.4 is 9.47 Å². The number of para-hydroxylation sites is 9. The highest BCUT2D eigenvalue weighted by Crippen LogP contribution is 2.45. The normalized spacial score (nSPS) is 12.7. The molecule has 0 saturated heterocycles. The van der Waals surface area contributed by atoms with Crippen LogP contribution in [-0.4, -0.2) is 13.7 Å². The maximum atomic E-state index is 8.52. The average Bonchev–Trinajstić information content (AvgIpc) is 1.59. The molecule has 0 bridgehead atoms. The molecule has 0 fully saturated rings. The molecule has 3 aromatic heterocycles. The molecule has 0 aliphatic heterocycles. The van der Waals surface area contributed by atoms with E-state index in [1.807, 2.05) is 131 Å². The van der Waals surface area contributed by atoms with Gasteiger partial charge < -0.3 is 23.2 Å². The monoisotopic (exact) mass is 1770 g/mol. The Bertz CT molecular complexity index is 7930. The lowest BCUT2D eigenvalue weighted by Crippen LogP contribution is -2.07. The third-order valence-electron chi connectivity index (χ3n) is 24.5. The molecule has 21 rings (SSSR count). The van der Waals surface area contributed by atoms with Crippen molar-refractivity contribution in [3.8, 4) is 84.6 Å². The second kappa shape index (κ2) is 43.5. The highest BCUT2D eigenvalue weighted by molar-refractivity contribution is 6.12. The Morgan fingerprint density at radius 3 is 0.919 bits per heavy atom. The fourth-order valence-corrected chi connectivity index (χ4v) is 18.5. The number of hydrogen-bond acceptors (Lipinski definition) is 2. The van der Waals surface area contributed by atoms with E-state index >= 15 is 0 Å². The van der Waals surface area contributed by atoms with Crippen molar-refractivity contribution in [2.24, 2.45) is 0 Å². The van der Waals surface area contributed by atoms with Gasteiger partial charge in [-0.15, -0.1) is 0 Å². The number of hydrogen-bond donors (Lipinski definition) is 0. The Balaban J connectivity index is 0.000000130. The zero-order valence-electron chi connectivity index (χ0n) is 93.8. The van der Waals surface area contributed by atoms with E-state index in [-0.39, 0.29) is 101 Å². The van der Waals surface area contributed by atoms with Gasteiger partial charge in [0.1, 0.15) is 23.0 Å². The topological polar surface area (TPSA) is 33.2 Å². The first kappa shape index (κ1) is 76.5. The molecule has 18 aromatic carbocycles. The zero-order chi connectivity index (χ0) is 106. The molecule has 0 radical (unpaired) electrons. The highest BCUT2D eigenvalue weighted by Gasteiger charge is 2.25. The lowest BCUT2D eigenvalue weighted by molar-refractivity contribution is 0.444. The van der Waals surface area contributed by atoms with Crippen LogP contribution in [0.3, 0.4) is 0 Å². The molecule has 0 unspecified atom stereocenters. The van der Waals surface area contributed by atoms with Gasteiger partial charge in [0.2, 0.25) is 0 Å². The molecule has 0 aliphatic carbocycles. The molecule has 672 valence electrons. The van der Waals surface area contributed by atoms with Gasteiger partial charge in [-0.05, 0) is 212 Å². The third kappa shape index (κ3) is 20.9. The predicted molar refractivity (Wildman–Crippen MR) is 580 cm³/mol. The number of aromatic nitrogens is 3. The van der Waals surface area contributed by atoms with Crippen molar-refractivity contribution in [3.63, 3.8) is 0 Å². The van der Waals surface area contributed by atoms with Gasteiger partial charge in [-0.2, -0.15) is 0 Å². The lowest BCUT2D eigenvalue weighted by atomic mass is 9.84. The number of nitrogens with zero attached hydrogens (tertiary/aromatic N) is 3. The number of rotatable bonds is 18. The number of ether oxygens (including phenoxy) is 2. The first-order chi connectivity index (χ1) is 71.6. The van der Waals surface area contributed by atoms with E-state index in [9.17, 15) is 0 Å².